The molecule has 114 valence electrons. The summed E-state index contributed by atoms with van der Waals surface area (Å²) in [5.41, 5.74) is 0. The molecule has 1 aliphatic rings. The van der Waals surface area contributed by atoms with E-state index in [0.29, 0.717) is 24.1 Å². The van der Waals surface area contributed by atoms with Gasteiger partial charge in [-0.25, -0.2) is 8.42 Å². The standard InChI is InChI=1S/C14H17NO4S2/c16-8-2-1-5-12-6-7-13(20-12)14(17)15-11-4-3-9-21(18,19)10-11/h6-7,11,16H,2-4,8-10H2,(H,15,17). The lowest BCUT2D eigenvalue weighted by Crippen LogP contribution is -2.42. The highest BCUT2D eigenvalue weighted by Gasteiger charge is 2.26. The third kappa shape index (κ3) is 4.84. The summed E-state index contributed by atoms with van der Waals surface area (Å²) in [6, 6.07) is 3.13. The maximum Gasteiger partial charge on any atom is 0.261 e. The molecule has 1 atom stereocenters. The number of aliphatic hydroxyl groups excluding tert-OH is 1. The van der Waals surface area contributed by atoms with Crippen LogP contribution in [-0.4, -0.2) is 43.6 Å². The summed E-state index contributed by atoms with van der Waals surface area (Å²) >= 11 is 1.26. The molecule has 2 N–H and O–H groups in total. The van der Waals surface area contributed by atoms with Crippen molar-refractivity contribution >= 4 is 27.1 Å². The highest BCUT2D eigenvalue weighted by atomic mass is 32.2. The Kier molecular flexibility index (Phi) is 5.39. The third-order valence-corrected chi connectivity index (χ3v) is 5.90. The maximum atomic E-state index is 12.1. The summed E-state index contributed by atoms with van der Waals surface area (Å²) in [5, 5.41) is 11.4. The molecule has 5 nitrogen and oxygen atoms in total. The molecule has 2 heterocycles. The Labute approximate surface area is 128 Å². The van der Waals surface area contributed by atoms with Crippen LogP contribution in [0.25, 0.3) is 0 Å². The molecule has 1 amide bonds. The quantitative estimate of drug-likeness (QED) is 0.804. The first-order chi connectivity index (χ1) is 10.00. The van der Waals surface area contributed by atoms with Crippen LogP contribution in [0.15, 0.2) is 12.1 Å². The highest BCUT2D eigenvalue weighted by molar-refractivity contribution is 7.91. The van der Waals surface area contributed by atoms with Crippen LogP contribution in [0.4, 0.5) is 0 Å². The highest BCUT2D eigenvalue weighted by Crippen LogP contribution is 2.17. The number of hydrogen-bond acceptors (Lipinski definition) is 5. The van der Waals surface area contributed by atoms with E-state index in [1.165, 1.54) is 11.3 Å². The second kappa shape index (κ2) is 7.07. The lowest BCUT2D eigenvalue weighted by atomic mass is 10.2. The van der Waals surface area contributed by atoms with Crippen LogP contribution >= 0.6 is 11.3 Å². The van der Waals surface area contributed by atoms with Crippen LogP contribution in [0.3, 0.4) is 0 Å². The number of thiophene rings is 1. The van der Waals surface area contributed by atoms with Crippen molar-refractivity contribution in [3.63, 3.8) is 0 Å². The summed E-state index contributed by atoms with van der Waals surface area (Å²) in [4.78, 5) is 13.4. The minimum Gasteiger partial charge on any atom is -0.395 e. The van der Waals surface area contributed by atoms with E-state index < -0.39 is 9.84 Å². The zero-order valence-electron chi connectivity index (χ0n) is 11.5. The van der Waals surface area contributed by atoms with Crippen LogP contribution in [-0.2, 0) is 9.84 Å². The van der Waals surface area contributed by atoms with Gasteiger partial charge >= 0.3 is 0 Å². The average molecular weight is 327 g/mol. The summed E-state index contributed by atoms with van der Waals surface area (Å²) in [6.07, 6.45) is 1.69. The Morgan fingerprint density at radius 3 is 3.00 bits per heavy atom. The van der Waals surface area contributed by atoms with E-state index in [1.807, 2.05) is 0 Å². The van der Waals surface area contributed by atoms with Crippen molar-refractivity contribution in [2.24, 2.45) is 0 Å². The van der Waals surface area contributed by atoms with Gasteiger partial charge in [0.15, 0.2) is 9.84 Å². The van der Waals surface area contributed by atoms with E-state index >= 15 is 0 Å². The SMILES string of the molecule is O=C(NC1CCCS(=O)(=O)C1)c1ccc(C#CCCO)s1. The van der Waals surface area contributed by atoms with Gasteiger partial charge in [-0.1, -0.05) is 11.8 Å². The van der Waals surface area contributed by atoms with Crippen LogP contribution < -0.4 is 5.32 Å². The molecule has 1 aliphatic heterocycles. The van der Waals surface area contributed by atoms with Gasteiger partial charge in [0.05, 0.1) is 27.9 Å². The molecular formula is C14H17NO4S2. The summed E-state index contributed by atoms with van der Waals surface area (Å²) < 4.78 is 23.1. The second-order valence-corrected chi connectivity index (χ2v) is 8.18. The second-order valence-electron chi connectivity index (χ2n) is 4.87. The summed E-state index contributed by atoms with van der Waals surface area (Å²) in [5.74, 6) is 5.65. The molecular weight excluding hydrogens is 310 g/mol. The van der Waals surface area contributed by atoms with Gasteiger partial charge in [0, 0.05) is 12.5 Å². The lowest BCUT2D eigenvalue weighted by Gasteiger charge is -2.22. The minimum atomic E-state index is -3.03. The van der Waals surface area contributed by atoms with E-state index in [2.05, 4.69) is 17.2 Å². The molecule has 0 aliphatic carbocycles. The van der Waals surface area contributed by atoms with Crippen molar-refractivity contribution < 1.29 is 18.3 Å². The average Bonchev–Trinajstić information content (AvgIpc) is 2.87. The zero-order chi connectivity index (χ0) is 15.3. The summed E-state index contributed by atoms with van der Waals surface area (Å²) in [6.45, 7) is 0.0157. The largest absolute Gasteiger partial charge is 0.395 e. The number of nitrogens with one attached hydrogen (secondary N) is 1. The van der Waals surface area contributed by atoms with Gasteiger partial charge in [0.2, 0.25) is 0 Å². The number of sulfone groups is 1. The van der Waals surface area contributed by atoms with Crippen molar-refractivity contribution in [2.45, 2.75) is 25.3 Å². The van der Waals surface area contributed by atoms with Gasteiger partial charge in [-0.05, 0) is 25.0 Å². The molecule has 0 radical (unpaired) electrons. The van der Waals surface area contributed by atoms with Crippen molar-refractivity contribution in [1.82, 2.24) is 5.32 Å². The number of amides is 1. The third-order valence-electron chi connectivity index (χ3n) is 3.08. The molecule has 0 aromatic carbocycles. The predicted molar refractivity (Wildman–Crippen MR) is 82.0 cm³/mol. The molecule has 1 fully saturated rings. The molecule has 0 saturated carbocycles. The van der Waals surface area contributed by atoms with E-state index in [9.17, 15) is 13.2 Å². The van der Waals surface area contributed by atoms with Crippen LogP contribution in [0.2, 0.25) is 0 Å². The topological polar surface area (TPSA) is 83.5 Å². The van der Waals surface area contributed by atoms with Crippen molar-refractivity contribution in [3.8, 4) is 11.8 Å². The fourth-order valence-electron chi connectivity index (χ4n) is 2.13. The number of carbonyl (C=O) groups excluding carboxylic acids is 1. The Bertz CT molecular complexity index is 667. The number of aliphatic hydroxyl groups is 1. The van der Waals surface area contributed by atoms with Gasteiger partial charge in [-0.3, -0.25) is 4.79 Å². The Hall–Kier alpha value is -1.36. The van der Waals surface area contributed by atoms with Gasteiger partial charge in [-0.15, -0.1) is 11.3 Å². The van der Waals surface area contributed by atoms with E-state index in [1.54, 1.807) is 12.1 Å². The summed E-state index contributed by atoms with van der Waals surface area (Å²) in [7, 11) is -3.03. The molecule has 1 saturated heterocycles. The minimum absolute atomic E-state index is 0.0157. The smallest absolute Gasteiger partial charge is 0.261 e. The van der Waals surface area contributed by atoms with Crippen molar-refractivity contribution in [1.29, 1.82) is 0 Å². The van der Waals surface area contributed by atoms with Gasteiger partial charge in [-0.2, -0.15) is 0 Å². The molecule has 1 aromatic rings. The van der Waals surface area contributed by atoms with Gasteiger partial charge < -0.3 is 10.4 Å². The monoisotopic (exact) mass is 327 g/mol. The first-order valence-electron chi connectivity index (χ1n) is 6.71. The normalized spacial score (nSPS) is 20.3. The number of rotatable bonds is 3. The van der Waals surface area contributed by atoms with Gasteiger partial charge in [0.25, 0.3) is 5.91 Å². The fourth-order valence-corrected chi connectivity index (χ4v) is 4.55. The van der Waals surface area contributed by atoms with Crippen LogP contribution in [0.1, 0.15) is 33.8 Å². The lowest BCUT2D eigenvalue weighted by molar-refractivity contribution is 0.0942. The molecule has 0 spiro atoms. The Morgan fingerprint density at radius 1 is 1.48 bits per heavy atom. The van der Waals surface area contributed by atoms with Crippen LogP contribution in [0.5, 0.6) is 0 Å². The molecule has 1 aromatic heterocycles. The number of hydrogen-bond donors (Lipinski definition) is 2. The molecule has 0 bridgehead atoms. The number of carbonyl (C=O) groups is 1. The van der Waals surface area contributed by atoms with Crippen molar-refractivity contribution in [2.75, 3.05) is 18.1 Å². The van der Waals surface area contributed by atoms with E-state index in [-0.39, 0.29) is 30.1 Å². The molecule has 2 rings (SSSR count). The predicted octanol–water partition coefficient (Wildman–Crippen LogP) is 0.789. The Morgan fingerprint density at radius 2 is 2.29 bits per heavy atom. The molecule has 1 unspecified atom stereocenters. The zero-order valence-corrected chi connectivity index (χ0v) is 13.1. The Balaban J connectivity index is 1.96. The maximum absolute atomic E-state index is 12.1. The van der Waals surface area contributed by atoms with E-state index in [0.717, 1.165) is 4.88 Å². The first kappa shape index (κ1) is 16.0. The van der Waals surface area contributed by atoms with Crippen molar-refractivity contribution in [3.05, 3.63) is 21.9 Å². The van der Waals surface area contributed by atoms with Gasteiger partial charge in [0.1, 0.15) is 0 Å². The molecule has 21 heavy (non-hydrogen) atoms. The molecule has 7 heteroatoms. The first-order valence-corrected chi connectivity index (χ1v) is 9.35. The van der Waals surface area contributed by atoms with E-state index in [4.69, 9.17) is 5.11 Å². The fraction of sp³-hybridized carbons (Fsp3) is 0.500. The van der Waals surface area contributed by atoms with Crippen LogP contribution in [0, 0.1) is 11.8 Å².